The maximum absolute atomic E-state index is 13.3. The summed E-state index contributed by atoms with van der Waals surface area (Å²) < 4.78 is 24.6. The number of nitrogens with one attached hydrogen (secondary N) is 2. The third-order valence-electron chi connectivity index (χ3n) is 3.90. The first kappa shape index (κ1) is 18.7. The minimum absolute atomic E-state index is 0.152. The maximum atomic E-state index is 13.3. The summed E-state index contributed by atoms with van der Waals surface area (Å²) in [6.45, 7) is 2.87. The number of H-pyrrole nitrogens is 1. The summed E-state index contributed by atoms with van der Waals surface area (Å²) in [6.07, 6.45) is 1.11. The minimum atomic E-state index is -0.357. The number of ether oxygens (including phenoxy) is 2. The van der Waals surface area contributed by atoms with Gasteiger partial charge in [-0.3, -0.25) is 9.89 Å². The van der Waals surface area contributed by atoms with Crippen LogP contribution in [0.3, 0.4) is 0 Å². The van der Waals surface area contributed by atoms with E-state index in [0.717, 1.165) is 12.2 Å². The smallest absolute Gasteiger partial charge is 0.230 e. The van der Waals surface area contributed by atoms with Crippen LogP contribution in [0.15, 0.2) is 29.4 Å². The van der Waals surface area contributed by atoms with Crippen LogP contribution in [0, 0.1) is 5.82 Å². The summed E-state index contributed by atoms with van der Waals surface area (Å²) in [6, 6.07) is 5.69. The zero-order valence-corrected chi connectivity index (χ0v) is 15.2. The van der Waals surface area contributed by atoms with E-state index in [0.29, 0.717) is 30.5 Å². The van der Waals surface area contributed by atoms with Gasteiger partial charge in [0.25, 0.3) is 0 Å². The van der Waals surface area contributed by atoms with Gasteiger partial charge >= 0.3 is 0 Å². The molecule has 1 aromatic heterocycles. The number of carbonyl (C=O) groups is 1. The molecule has 9 heteroatoms. The van der Waals surface area contributed by atoms with Gasteiger partial charge in [0.05, 0.1) is 25.0 Å². The molecule has 1 saturated heterocycles. The molecule has 0 aliphatic carbocycles. The summed E-state index contributed by atoms with van der Waals surface area (Å²) >= 11 is 1.26. The van der Waals surface area contributed by atoms with Crippen molar-refractivity contribution in [2.75, 3.05) is 19.0 Å². The summed E-state index contributed by atoms with van der Waals surface area (Å²) in [5.41, 5.74) is 0. The topological polar surface area (TPSA) is 89.1 Å². The lowest BCUT2D eigenvalue weighted by atomic mass is 10.1. The fraction of sp³-hybridized carbons (Fsp3) is 0.471. The summed E-state index contributed by atoms with van der Waals surface area (Å²) in [5.74, 6) is 0.922. The molecular weight excluding hydrogens is 359 g/mol. The molecule has 1 fully saturated rings. The number of hydrogen-bond acceptors (Lipinski definition) is 6. The van der Waals surface area contributed by atoms with E-state index in [1.807, 2.05) is 6.92 Å². The molecule has 2 N–H and O–H groups in total. The number of benzene rings is 1. The second-order valence-electron chi connectivity index (χ2n) is 5.86. The number of halogens is 1. The number of carbonyl (C=O) groups excluding carboxylic acids is 1. The Hall–Kier alpha value is -2.13. The standard InChI is InChI=1S/C17H21FN4O3S/c1-2-15-20-17(22-21-15)26-10-16(23)19-13-9-24-7-6-14(13)25-12-5-3-4-11(18)8-12/h3-5,8,13-14H,2,6-7,9-10H2,1H3,(H,19,23)(H,20,21,22)/t13-,14+/m1/s1. The van der Waals surface area contributed by atoms with Crippen LogP contribution in [0.25, 0.3) is 0 Å². The van der Waals surface area contributed by atoms with E-state index in [9.17, 15) is 9.18 Å². The quantitative estimate of drug-likeness (QED) is 0.714. The first-order chi connectivity index (χ1) is 12.6. The minimum Gasteiger partial charge on any atom is -0.488 e. The van der Waals surface area contributed by atoms with E-state index in [1.165, 1.54) is 23.9 Å². The highest BCUT2D eigenvalue weighted by Crippen LogP contribution is 2.19. The fourth-order valence-electron chi connectivity index (χ4n) is 2.59. The van der Waals surface area contributed by atoms with Crippen LogP contribution in [-0.2, 0) is 16.0 Å². The van der Waals surface area contributed by atoms with Crippen molar-refractivity contribution >= 4 is 17.7 Å². The van der Waals surface area contributed by atoms with Crippen LogP contribution in [0.4, 0.5) is 4.39 Å². The van der Waals surface area contributed by atoms with Crippen molar-refractivity contribution in [1.82, 2.24) is 20.5 Å². The highest BCUT2D eigenvalue weighted by molar-refractivity contribution is 7.99. The number of aromatic amines is 1. The first-order valence-electron chi connectivity index (χ1n) is 8.47. The summed E-state index contributed by atoms with van der Waals surface area (Å²) in [5, 5.41) is 10.3. The molecule has 0 spiro atoms. The number of aromatic nitrogens is 3. The lowest BCUT2D eigenvalue weighted by Crippen LogP contribution is -2.52. The third kappa shape index (κ3) is 5.18. The van der Waals surface area contributed by atoms with Gasteiger partial charge in [-0.2, -0.15) is 0 Å². The normalized spacial score (nSPS) is 19.9. The van der Waals surface area contributed by atoms with E-state index in [1.54, 1.807) is 12.1 Å². The number of thioether (sulfide) groups is 1. The predicted molar refractivity (Wildman–Crippen MR) is 94.7 cm³/mol. The molecular formula is C17H21FN4O3S. The van der Waals surface area contributed by atoms with Crippen LogP contribution in [0.5, 0.6) is 5.75 Å². The molecule has 0 unspecified atom stereocenters. The average Bonchev–Trinajstić information content (AvgIpc) is 3.10. The Morgan fingerprint density at radius 3 is 3.19 bits per heavy atom. The Morgan fingerprint density at radius 2 is 2.42 bits per heavy atom. The molecule has 2 heterocycles. The van der Waals surface area contributed by atoms with Crippen LogP contribution in [-0.4, -0.2) is 52.2 Å². The van der Waals surface area contributed by atoms with Crippen molar-refractivity contribution in [2.45, 2.75) is 37.1 Å². The van der Waals surface area contributed by atoms with Crippen LogP contribution in [0.2, 0.25) is 0 Å². The van der Waals surface area contributed by atoms with Crippen molar-refractivity contribution in [3.63, 3.8) is 0 Å². The van der Waals surface area contributed by atoms with Gasteiger partial charge < -0.3 is 14.8 Å². The van der Waals surface area contributed by atoms with Gasteiger partial charge in [-0.05, 0) is 12.1 Å². The van der Waals surface area contributed by atoms with Crippen molar-refractivity contribution in [1.29, 1.82) is 0 Å². The van der Waals surface area contributed by atoms with E-state index in [-0.39, 0.29) is 29.6 Å². The van der Waals surface area contributed by atoms with Crippen molar-refractivity contribution < 1.29 is 18.7 Å². The molecule has 0 saturated carbocycles. The molecule has 1 aromatic carbocycles. The van der Waals surface area contributed by atoms with Crippen LogP contribution in [0.1, 0.15) is 19.2 Å². The van der Waals surface area contributed by atoms with Crippen LogP contribution < -0.4 is 10.1 Å². The largest absolute Gasteiger partial charge is 0.488 e. The fourth-order valence-corrected chi connectivity index (χ4v) is 3.22. The van der Waals surface area contributed by atoms with E-state index >= 15 is 0 Å². The van der Waals surface area contributed by atoms with Gasteiger partial charge in [-0.1, -0.05) is 24.8 Å². The maximum Gasteiger partial charge on any atom is 0.230 e. The summed E-state index contributed by atoms with van der Waals surface area (Å²) in [4.78, 5) is 16.5. The first-order valence-corrected chi connectivity index (χ1v) is 9.46. The monoisotopic (exact) mass is 380 g/mol. The SMILES string of the molecule is CCc1nc(SCC(=O)N[C@@H]2COCC[C@@H]2Oc2cccc(F)c2)n[nH]1. The molecule has 1 aliphatic heterocycles. The van der Waals surface area contributed by atoms with Gasteiger partial charge in [0.1, 0.15) is 23.5 Å². The zero-order valence-electron chi connectivity index (χ0n) is 14.4. The molecule has 3 rings (SSSR count). The Labute approximate surface area is 155 Å². The molecule has 0 bridgehead atoms. The Bertz CT molecular complexity index is 742. The molecule has 0 radical (unpaired) electrons. The van der Waals surface area contributed by atoms with Crippen molar-refractivity contribution in [2.24, 2.45) is 0 Å². The van der Waals surface area contributed by atoms with Crippen molar-refractivity contribution in [3.8, 4) is 5.75 Å². The molecule has 1 aliphatic rings. The molecule has 2 atom stereocenters. The Morgan fingerprint density at radius 1 is 1.54 bits per heavy atom. The van der Waals surface area contributed by atoms with E-state index in [4.69, 9.17) is 9.47 Å². The second kappa shape index (κ2) is 9.00. The molecule has 140 valence electrons. The van der Waals surface area contributed by atoms with Crippen LogP contribution >= 0.6 is 11.8 Å². The summed E-state index contributed by atoms with van der Waals surface area (Å²) in [7, 11) is 0. The highest BCUT2D eigenvalue weighted by Gasteiger charge is 2.29. The highest BCUT2D eigenvalue weighted by atomic mass is 32.2. The Kier molecular flexibility index (Phi) is 6.45. The van der Waals surface area contributed by atoms with Gasteiger partial charge in [0.15, 0.2) is 0 Å². The van der Waals surface area contributed by atoms with Gasteiger partial charge in [-0.15, -0.1) is 5.10 Å². The predicted octanol–water partition coefficient (Wildman–Crippen LogP) is 1.95. The lowest BCUT2D eigenvalue weighted by Gasteiger charge is -2.32. The Balaban J connectivity index is 1.53. The van der Waals surface area contributed by atoms with Gasteiger partial charge in [0.2, 0.25) is 11.1 Å². The van der Waals surface area contributed by atoms with E-state index < -0.39 is 0 Å². The van der Waals surface area contributed by atoms with Gasteiger partial charge in [-0.25, -0.2) is 9.37 Å². The average molecular weight is 380 g/mol. The van der Waals surface area contributed by atoms with E-state index in [2.05, 4.69) is 20.5 Å². The molecule has 26 heavy (non-hydrogen) atoms. The lowest BCUT2D eigenvalue weighted by molar-refractivity contribution is -0.121. The third-order valence-corrected chi connectivity index (χ3v) is 4.75. The number of nitrogens with zero attached hydrogens (tertiary/aromatic N) is 2. The number of aryl methyl sites for hydroxylation is 1. The molecule has 2 aromatic rings. The number of rotatable bonds is 7. The second-order valence-corrected chi connectivity index (χ2v) is 6.80. The van der Waals surface area contributed by atoms with Gasteiger partial charge in [0, 0.05) is 18.9 Å². The zero-order chi connectivity index (χ0) is 18.4. The van der Waals surface area contributed by atoms with Crippen molar-refractivity contribution in [3.05, 3.63) is 35.9 Å². The molecule has 1 amide bonds. The number of amides is 1. The molecule has 7 nitrogen and oxygen atoms in total. The number of hydrogen-bond donors (Lipinski definition) is 2.